The van der Waals surface area contributed by atoms with Gasteiger partial charge in [-0.05, 0) is 64.0 Å². The molecule has 2 fully saturated rings. The summed E-state index contributed by atoms with van der Waals surface area (Å²) in [6.07, 6.45) is 2.27. The molecule has 3 N–H and O–H groups in total. The van der Waals surface area contributed by atoms with Gasteiger partial charge < -0.3 is 20.2 Å². The molecule has 2 atom stereocenters. The van der Waals surface area contributed by atoms with E-state index in [0.717, 1.165) is 18.9 Å². The van der Waals surface area contributed by atoms with E-state index in [-0.39, 0.29) is 22.0 Å². The van der Waals surface area contributed by atoms with Crippen LogP contribution in [0.4, 0.5) is 10.9 Å². The molecule has 39 heavy (non-hydrogen) atoms. The van der Waals surface area contributed by atoms with Crippen LogP contribution in [0.25, 0.3) is 10.3 Å². The van der Waals surface area contributed by atoms with Crippen molar-refractivity contribution in [3.63, 3.8) is 0 Å². The van der Waals surface area contributed by atoms with Crippen LogP contribution in [0.5, 0.6) is 0 Å². The first-order chi connectivity index (χ1) is 18.7. The van der Waals surface area contributed by atoms with Crippen molar-refractivity contribution in [2.24, 2.45) is 5.16 Å². The molecule has 1 aromatic carbocycles. The van der Waals surface area contributed by atoms with Crippen LogP contribution in [0.2, 0.25) is 0 Å². The number of pyridine rings is 1. The Morgan fingerprint density at radius 2 is 1.90 bits per heavy atom. The number of carbonyl (C=O) groups is 1. The fraction of sp³-hybridized carbons (Fsp3) is 0.462. The van der Waals surface area contributed by atoms with E-state index in [1.807, 2.05) is 26.2 Å². The summed E-state index contributed by atoms with van der Waals surface area (Å²) in [5.41, 5.74) is 1.05. The lowest BCUT2D eigenvalue weighted by Crippen LogP contribution is -2.25. The number of amides is 1. The van der Waals surface area contributed by atoms with Crippen LogP contribution in [0.3, 0.4) is 0 Å². The van der Waals surface area contributed by atoms with Crippen LogP contribution in [0.15, 0.2) is 46.4 Å². The molecular formula is C26H32N6O5S2. The number of nitrogens with zero attached hydrogens (tertiary/aromatic N) is 4. The molecule has 11 nitrogen and oxygen atoms in total. The van der Waals surface area contributed by atoms with Gasteiger partial charge in [0.2, 0.25) is 0 Å². The topological polar surface area (TPSA) is 146 Å². The van der Waals surface area contributed by atoms with Crippen LogP contribution >= 0.6 is 11.3 Å². The maximum Gasteiger partial charge on any atom is 0.280 e. The zero-order valence-corrected chi connectivity index (χ0v) is 23.5. The summed E-state index contributed by atoms with van der Waals surface area (Å²) in [6.45, 7) is 1.60. The molecular weight excluding hydrogens is 540 g/mol. The highest BCUT2D eigenvalue weighted by atomic mass is 32.2. The van der Waals surface area contributed by atoms with Gasteiger partial charge in [0.25, 0.3) is 5.91 Å². The highest BCUT2D eigenvalue weighted by Gasteiger charge is 2.37. The molecule has 0 spiro atoms. The molecule has 5 rings (SSSR count). The third-order valence-electron chi connectivity index (χ3n) is 6.63. The number of thiazole rings is 1. The Bertz CT molecular complexity index is 1470. The smallest absolute Gasteiger partial charge is 0.280 e. The summed E-state index contributed by atoms with van der Waals surface area (Å²) in [5.74, 6) is 0.177. The zero-order chi connectivity index (χ0) is 27.6. The van der Waals surface area contributed by atoms with Gasteiger partial charge >= 0.3 is 0 Å². The van der Waals surface area contributed by atoms with Crippen LogP contribution in [-0.2, 0) is 19.5 Å². The average Bonchev–Trinajstić information content (AvgIpc) is 3.58. The number of anilines is 2. The number of hydrogen-bond donors (Lipinski definition) is 3. The average molecular weight is 573 g/mol. The van der Waals surface area contributed by atoms with E-state index in [1.54, 1.807) is 12.1 Å². The Hall–Kier alpha value is -3.13. The van der Waals surface area contributed by atoms with E-state index in [1.165, 1.54) is 23.5 Å². The fourth-order valence-electron chi connectivity index (χ4n) is 4.27. The Morgan fingerprint density at radius 1 is 1.13 bits per heavy atom. The summed E-state index contributed by atoms with van der Waals surface area (Å²) >= 11 is 1.24. The minimum Gasteiger partial charge on any atom is -0.393 e. The Labute approximate surface area is 231 Å². The molecule has 2 heterocycles. The van der Waals surface area contributed by atoms with Crippen LogP contribution in [0.1, 0.15) is 37.7 Å². The molecule has 2 aromatic heterocycles. The number of likely N-dealkylation sites (N-methyl/N-ethyl adjacent to an activating group) is 1. The number of aliphatic hydroxyl groups is 1. The first kappa shape index (κ1) is 27.4. The minimum absolute atomic E-state index is 0.00924. The Balaban J connectivity index is 1.35. The number of aromatic nitrogens is 2. The molecule has 2 aliphatic carbocycles. The van der Waals surface area contributed by atoms with Crippen molar-refractivity contribution in [1.82, 2.24) is 14.9 Å². The molecule has 0 radical (unpaired) electrons. The van der Waals surface area contributed by atoms with Gasteiger partial charge in [-0.1, -0.05) is 28.6 Å². The van der Waals surface area contributed by atoms with Gasteiger partial charge in [-0.15, -0.1) is 0 Å². The molecule has 0 aliphatic heterocycles. The minimum atomic E-state index is -3.36. The number of oxime groups is 1. The van der Waals surface area contributed by atoms with Crippen molar-refractivity contribution in [2.45, 2.75) is 54.5 Å². The number of benzene rings is 1. The highest BCUT2D eigenvalue weighted by Crippen LogP contribution is 2.33. The summed E-state index contributed by atoms with van der Waals surface area (Å²) in [4.78, 5) is 31.0. The van der Waals surface area contributed by atoms with Gasteiger partial charge in [0.15, 0.2) is 20.7 Å². The van der Waals surface area contributed by atoms with E-state index in [0.29, 0.717) is 53.1 Å². The second kappa shape index (κ2) is 11.5. The van der Waals surface area contributed by atoms with Crippen LogP contribution in [-0.4, -0.2) is 84.7 Å². The van der Waals surface area contributed by atoms with Crippen molar-refractivity contribution in [1.29, 1.82) is 0 Å². The first-order valence-corrected chi connectivity index (χ1v) is 15.3. The van der Waals surface area contributed by atoms with Crippen molar-refractivity contribution in [2.75, 3.05) is 37.8 Å². The molecule has 13 heteroatoms. The third-order valence-corrected chi connectivity index (χ3v) is 9.78. The van der Waals surface area contributed by atoms with Crippen molar-refractivity contribution in [3.8, 4) is 0 Å². The maximum absolute atomic E-state index is 13.4. The lowest BCUT2D eigenvalue weighted by molar-refractivity contribution is -0.110. The SMILES string of the molecule is CN(C)CCNc1ccc2nc(NC(=O)/C(=N/O[C@@H]3CC[C@@H](O)C3)c3ccc(S(=O)(=O)C4CC4)cc3)sc2n1. The normalized spacial score (nSPS) is 19.9. The van der Waals surface area contributed by atoms with Crippen LogP contribution in [0, 0.1) is 0 Å². The largest absolute Gasteiger partial charge is 0.393 e. The summed E-state index contributed by atoms with van der Waals surface area (Å²) in [7, 11) is 0.642. The predicted molar refractivity (Wildman–Crippen MR) is 151 cm³/mol. The number of nitrogens with one attached hydrogen (secondary N) is 2. The number of sulfone groups is 1. The van der Waals surface area contributed by atoms with E-state index in [2.05, 4.69) is 30.7 Å². The molecule has 2 saturated carbocycles. The molecule has 0 bridgehead atoms. The number of rotatable bonds is 11. The van der Waals surface area contributed by atoms with Gasteiger partial charge in [-0.3, -0.25) is 10.1 Å². The maximum atomic E-state index is 13.4. The van der Waals surface area contributed by atoms with Gasteiger partial charge in [0.05, 0.1) is 16.2 Å². The van der Waals surface area contributed by atoms with E-state index in [4.69, 9.17) is 4.84 Å². The summed E-state index contributed by atoms with van der Waals surface area (Å²) in [5, 5.41) is 20.1. The number of hydrogen-bond acceptors (Lipinski definition) is 11. The standard InChI is InChI=1S/C26H32N6O5S2/c1-32(2)14-13-27-22-12-11-21-25(29-22)38-26(28-21)30-24(34)23(31-37-18-6-5-17(33)15-18)16-3-7-19(8-4-16)39(35,36)20-9-10-20/h3-4,7-8,11-12,17-18,20,33H,5-6,9-10,13-15H2,1-2H3,(H,27,29)(H,28,30,34)/b31-23+/t17-,18-/m1/s1. The molecule has 3 aromatic rings. The molecule has 2 aliphatic rings. The Kier molecular flexibility index (Phi) is 8.12. The van der Waals surface area contributed by atoms with Gasteiger partial charge in [0.1, 0.15) is 22.3 Å². The van der Waals surface area contributed by atoms with Crippen molar-refractivity contribution < 1.29 is 23.2 Å². The monoisotopic (exact) mass is 572 g/mol. The number of fused-ring (bicyclic) bond motifs is 1. The fourth-order valence-corrected chi connectivity index (χ4v) is 6.76. The second-order valence-corrected chi connectivity index (χ2v) is 13.3. The summed E-state index contributed by atoms with van der Waals surface area (Å²) in [6, 6.07) is 9.81. The highest BCUT2D eigenvalue weighted by molar-refractivity contribution is 7.92. The van der Waals surface area contributed by atoms with E-state index in [9.17, 15) is 18.3 Å². The quantitative estimate of drug-likeness (QED) is 0.233. The third kappa shape index (κ3) is 6.72. The number of aliphatic hydroxyl groups excluding tert-OH is 1. The first-order valence-electron chi connectivity index (χ1n) is 12.9. The Morgan fingerprint density at radius 3 is 2.56 bits per heavy atom. The van der Waals surface area contributed by atoms with Gasteiger partial charge in [-0.25, -0.2) is 18.4 Å². The number of carbonyl (C=O) groups excluding carboxylic acids is 1. The van der Waals surface area contributed by atoms with Gasteiger partial charge in [-0.2, -0.15) is 0 Å². The van der Waals surface area contributed by atoms with Crippen molar-refractivity contribution in [3.05, 3.63) is 42.0 Å². The van der Waals surface area contributed by atoms with Crippen LogP contribution < -0.4 is 10.6 Å². The molecule has 1 amide bonds. The van der Waals surface area contributed by atoms with E-state index < -0.39 is 21.8 Å². The lowest BCUT2D eigenvalue weighted by atomic mass is 10.1. The van der Waals surface area contributed by atoms with E-state index >= 15 is 0 Å². The predicted octanol–water partition coefficient (Wildman–Crippen LogP) is 2.87. The van der Waals surface area contributed by atoms with Gasteiger partial charge in [0, 0.05) is 25.1 Å². The zero-order valence-electron chi connectivity index (χ0n) is 21.8. The lowest BCUT2D eigenvalue weighted by Gasteiger charge is -2.11. The van der Waals surface area contributed by atoms with Crippen molar-refractivity contribution >= 4 is 54.1 Å². The molecule has 0 saturated heterocycles. The molecule has 0 unspecified atom stereocenters. The second-order valence-electron chi connectivity index (χ2n) is 10.1. The molecule has 208 valence electrons. The summed E-state index contributed by atoms with van der Waals surface area (Å²) < 4.78 is 25.2.